The molecule has 0 unspecified atom stereocenters. The van der Waals surface area contributed by atoms with Crippen LogP contribution in [0.3, 0.4) is 0 Å². The topological polar surface area (TPSA) is 21.3 Å². The molecule has 0 bridgehead atoms. The molecule has 1 rings (SSSR count). The lowest BCUT2D eigenvalue weighted by Gasteiger charge is -2.10. The molecule has 0 fully saturated rings. The monoisotopic (exact) mass is 191 g/mol. The van der Waals surface area contributed by atoms with Crippen molar-refractivity contribution < 1.29 is 4.74 Å². The second-order valence-corrected chi connectivity index (χ2v) is 3.31. The summed E-state index contributed by atoms with van der Waals surface area (Å²) in [6.07, 6.45) is 0. The third kappa shape index (κ3) is 2.80. The summed E-state index contributed by atoms with van der Waals surface area (Å²) in [7, 11) is 0. The summed E-state index contributed by atoms with van der Waals surface area (Å²) in [6, 6.07) is 6.08. The summed E-state index contributed by atoms with van der Waals surface area (Å²) in [4.78, 5) is 0. The van der Waals surface area contributed by atoms with Crippen molar-refractivity contribution in [3.63, 3.8) is 0 Å². The molecule has 0 radical (unpaired) electrons. The van der Waals surface area contributed by atoms with Gasteiger partial charge in [0, 0.05) is 18.3 Å². The standard InChI is InChI=1S/C12H17NO/c1-5-13-11-7-6-10(4)12(8-11)14-9(2)3/h6-8,13H,2,5H2,1,3-4H3. The van der Waals surface area contributed by atoms with Gasteiger partial charge in [-0.2, -0.15) is 0 Å². The van der Waals surface area contributed by atoms with Gasteiger partial charge in [-0.15, -0.1) is 0 Å². The number of rotatable bonds is 4. The van der Waals surface area contributed by atoms with Crippen molar-refractivity contribution in [2.24, 2.45) is 0 Å². The maximum atomic E-state index is 5.50. The normalized spacial score (nSPS) is 9.64. The average Bonchev–Trinajstić information content (AvgIpc) is 2.10. The van der Waals surface area contributed by atoms with Gasteiger partial charge < -0.3 is 10.1 Å². The summed E-state index contributed by atoms with van der Waals surface area (Å²) in [5, 5.41) is 3.24. The summed E-state index contributed by atoms with van der Waals surface area (Å²) in [5.74, 6) is 1.58. The zero-order valence-electron chi connectivity index (χ0n) is 9.05. The lowest BCUT2D eigenvalue weighted by molar-refractivity contribution is 0.427. The predicted molar refractivity (Wildman–Crippen MR) is 60.8 cm³/mol. The van der Waals surface area contributed by atoms with E-state index in [2.05, 4.69) is 18.8 Å². The Hall–Kier alpha value is -1.44. The van der Waals surface area contributed by atoms with Gasteiger partial charge in [0.05, 0.1) is 5.76 Å². The number of hydrogen-bond acceptors (Lipinski definition) is 2. The highest BCUT2D eigenvalue weighted by molar-refractivity contribution is 5.51. The molecule has 14 heavy (non-hydrogen) atoms. The maximum Gasteiger partial charge on any atom is 0.131 e. The van der Waals surface area contributed by atoms with Gasteiger partial charge in [-0.1, -0.05) is 12.6 Å². The van der Waals surface area contributed by atoms with Crippen LogP contribution >= 0.6 is 0 Å². The van der Waals surface area contributed by atoms with Gasteiger partial charge in [-0.05, 0) is 32.4 Å². The van der Waals surface area contributed by atoms with E-state index in [1.54, 1.807) is 0 Å². The minimum atomic E-state index is 0.710. The van der Waals surface area contributed by atoms with E-state index in [-0.39, 0.29) is 0 Å². The molecule has 0 amide bonds. The lowest BCUT2D eigenvalue weighted by Crippen LogP contribution is -1.98. The van der Waals surface area contributed by atoms with Crippen LogP contribution in [0.1, 0.15) is 19.4 Å². The molecule has 0 aliphatic heterocycles. The Balaban J connectivity index is 2.90. The molecule has 0 saturated heterocycles. The predicted octanol–water partition coefficient (Wildman–Crippen LogP) is 3.34. The molecular weight excluding hydrogens is 174 g/mol. The Morgan fingerprint density at radius 3 is 2.79 bits per heavy atom. The Labute approximate surface area is 85.6 Å². The van der Waals surface area contributed by atoms with Crippen LogP contribution < -0.4 is 10.1 Å². The Kier molecular flexibility index (Phi) is 3.57. The number of ether oxygens (including phenoxy) is 1. The fraction of sp³-hybridized carbons (Fsp3) is 0.333. The van der Waals surface area contributed by atoms with Crippen LogP contribution in [0.2, 0.25) is 0 Å². The molecule has 0 atom stereocenters. The summed E-state index contributed by atoms with van der Waals surface area (Å²) >= 11 is 0. The largest absolute Gasteiger partial charge is 0.462 e. The summed E-state index contributed by atoms with van der Waals surface area (Å²) in [6.45, 7) is 10.6. The molecule has 0 heterocycles. The molecule has 1 aromatic rings. The van der Waals surface area contributed by atoms with Crippen molar-refractivity contribution in [1.82, 2.24) is 0 Å². The molecular formula is C12H17NO. The zero-order chi connectivity index (χ0) is 10.6. The number of hydrogen-bond donors (Lipinski definition) is 1. The molecule has 76 valence electrons. The van der Waals surface area contributed by atoms with E-state index in [0.29, 0.717) is 5.76 Å². The zero-order valence-corrected chi connectivity index (χ0v) is 9.05. The molecule has 0 aromatic heterocycles. The number of benzene rings is 1. The van der Waals surface area contributed by atoms with Crippen LogP contribution in [0.4, 0.5) is 5.69 Å². The van der Waals surface area contributed by atoms with E-state index in [4.69, 9.17) is 4.74 Å². The Morgan fingerprint density at radius 2 is 2.21 bits per heavy atom. The fourth-order valence-corrected chi connectivity index (χ4v) is 1.21. The van der Waals surface area contributed by atoms with E-state index in [0.717, 1.165) is 23.5 Å². The van der Waals surface area contributed by atoms with Gasteiger partial charge in [0.25, 0.3) is 0 Å². The minimum Gasteiger partial charge on any atom is -0.462 e. The number of anilines is 1. The Morgan fingerprint density at radius 1 is 1.50 bits per heavy atom. The third-order valence-corrected chi connectivity index (χ3v) is 1.85. The summed E-state index contributed by atoms with van der Waals surface area (Å²) < 4.78 is 5.50. The molecule has 1 aromatic carbocycles. The molecule has 2 heteroatoms. The van der Waals surface area contributed by atoms with E-state index in [1.807, 2.05) is 32.0 Å². The van der Waals surface area contributed by atoms with Crippen molar-refractivity contribution in [3.8, 4) is 5.75 Å². The van der Waals surface area contributed by atoms with Crippen molar-refractivity contribution >= 4 is 5.69 Å². The quantitative estimate of drug-likeness (QED) is 0.737. The van der Waals surface area contributed by atoms with Gasteiger partial charge in [0.15, 0.2) is 0 Å². The van der Waals surface area contributed by atoms with Crippen molar-refractivity contribution in [2.75, 3.05) is 11.9 Å². The first-order valence-corrected chi connectivity index (χ1v) is 4.81. The number of nitrogens with one attached hydrogen (secondary N) is 1. The van der Waals surface area contributed by atoms with Crippen LogP contribution in [0, 0.1) is 6.92 Å². The van der Waals surface area contributed by atoms with E-state index < -0.39 is 0 Å². The lowest BCUT2D eigenvalue weighted by atomic mass is 10.2. The third-order valence-electron chi connectivity index (χ3n) is 1.85. The highest BCUT2D eigenvalue weighted by Crippen LogP contribution is 2.23. The van der Waals surface area contributed by atoms with Crippen molar-refractivity contribution in [1.29, 1.82) is 0 Å². The van der Waals surface area contributed by atoms with Crippen molar-refractivity contribution in [3.05, 3.63) is 36.1 Å². The van der Waals surface area contributed by atoms with E-state index >= 15 is 0 Å². The minimum absolute atomic E-state index is 0.710. The smallest absolute Gasteiger partial charge is 0.131 e. The molecule has 1 N–H and O–H groups in total. The van der Waals surface area contributed by atoms with Crippen LogP contribution in [0.25, 0.3) is 0 Å². The van der Waals surface area contributed by atoms with Gasteiger partial charge in [0.2, 0.25) is 0 Å². The molecule has 0 spiro atoms. The van der Waals surface area contributed by atoms with Gasteiger partial charge in [0.1, 0.15) is 5.75 Å². The highest BCUT2D eigenvalue weighted by atomic mass is 16.5. The molecule has 2 nitrogen and oxygen atoms in total. The number of allylic oxidation sites excluding steroid dienone is 1. The number of aryl methyl sites for hydroxylation is 1. The SMILES string of the molecule is C=C(C)Oc1cc(NCC)ccc1C. The molecule has 0 aliphatic carbocycles. The first kappa shape index (κ1) is 10.6. The highest BCUT2D eigenvalue weighted by Gasteiger charge is 2.01. The van der Waals surface area contributed by atoms with E-state index in [1.165, 1.54) is 0 Å². The fourth-order valence-electron chi connectivity index (χ4n) is 1.21. The maximum absolute atomic E-state index is 5.50. The summed E-state index contributed by atoms with van der Waals surface area (Å²) in [5.41, 5.74) is 2.20. The van der Waals surface area contributed by atoms with E-state index in [9.17, 15) is 0 Å². The van der Waals surface area contributed by atoms with Gasteiger partial charge in [-0.3, -0.25) is 0 Å². The van der Waals surface area contributed by atoms with Crippen molar-refractivity contribution in [2.45, 2.75) is 20.8 Å². The van der Waals surface area contributed by atoms with Crippen LogP contribution in [0.15, 0.2) is 30.5 Å². The van der Waals surface area contributed by atoms with Crippen LogP contribution in [-0.4, -0.2) is 6.54 Å². The van der Waals surface area contributed by atoms with Crippen LogP contribution in [-0.2, 0) is 0 Å². The Bertz CT molecular complexity index is 331. The first-order chi connectivity index (χ1) is 6.63. The second-order valence-electron chi connectivity index (χ2n) is 3.31. The van der Waals surface area contributed by atoms with Gasteiger partial charge >= 0.3 is 0 Å². The first-order valence-electron chi connectivity index (χ1n) is 4.81. The average molecular weight is 191 g/mol. The molecule has 0 aliphatic rings. The second kappa shape index (κ2) is 4.70. The molecule has 0 saturated carbocycles. The van der Waals surface area contributed by atoms with Crippen LogP contribution in [0.5, 0.6) is 5.75 Å². The van der Waals surface area contributed by atoms with Gasteiger partial charge in [-0.25, -0.2) is 0 Å².